The van der Waals surface area contributed by atoms with Gasteiger partial charge in [0.15, 0.2) is 0 Å². The van der Waals surface area contributed by atoms with E-state index in [-0.39, 0.29) is 23.8 Å². The normalized spacial score (nSPS) is 26.1. The fourth-order valence-electron chi connectivity index (χ4n) is 6.02. The number of hydrogen-bond donors (Lipinski definition) is 1. The average molecular weight is 497 g/mol. The van der Waals surface area contributed by atoms with Crippen molar-refractivity contribution in [2.45, 2.75) is 77.2 Å². The fraction of sp³-hybridized carbons (Fsp3) is 0.630. The molecule has 8 heteroatoms. The maximum absolute atomic E-state index is 13.3. The van der Waals surface area contributed by atoms with Crippen molar-refractivity contribution in [3.63, 3.8) is 0 Å². The third-order valence-corrected chi connectivity index (χ3v) is 10.1. The predicted octanol–water partition coefficient (Wildman–Crippen LogP) is 4.92. The monoisotopic (exact) mass is 496 g/mol. The number of likely N-dealkylation sites (tertiary alicyclic amines) is 1. The van der Waals surface area contributed by atoms with Gasteiger partial charge < -0.3 is 10.2 Å². The summed E-state index contributed by atoms with van der Waals surface area (Å²) >= 11 is 1.74. The van der Waals surface area contributed by atoms with Crippen LogP contribution in [0.2, 0.25) is 0 Å². The molecule has 1 aromatic carbocycles. The second kappa shape index (κ2) is 9.19. The van der Waals surface area contributed by atoms with Gasteiger partial charge in [0.05, 0.1) is 15.2 Å². The minimum absolute atomic E-state index is 0.144. The standard InChI is InChI=1S/C27H36N4O3S/c1-4-26(2,3)19-9-13-27(14-10-19)24(33)31(25(34)29-27)17-22(32)30-15-11-18(12-16-30)23-28-20-7-5-6-8-21(20)35-23/h5-8,18-19H,4,9-17H2,1-3H3,(H,29,34). The van der Waals surface area contributed by atoms with Crippen molar-refractivity contribution in [2.75, 3.05) is 19.6 Å². The first kappa shape index (κ1) is 24.2. The van der Waals surface area contributed by atoms with Crippen LogP contribution in [-0.2, 0) is 9.59 Å². The molecule has 3 fully saturated rings. The highest BCUT2D eigenvalue weighted by atomic mass is 32.1. The van der Waals surface area contributed by atoms with Crippen molar-refractivity contribution in [2.24, 2.45) is 11.3 Å². The highest BCUT2D eigenvalue weighted by Gasteiger charge is 2.54. The summed E-state index contributed by atoms with van der Waals surface area (Å²) in [5.74, 6) is 0.538. The number of imide groups is 1. The Labute approximate surface area is 211 Å². The molecule has 1 aliphatic carbocycles. The number of urea groups is 1. The summed E-state index contributed by atoms with van der Waals surface area (Å²) in [6.07, 6.45) is 5.96. The van der Waals surface area contributed by atoms with Crippen molar-refractivity contribution >= 4 is 39.4 Å². The first-order valence-electron chi connectivity index (χ1n) is 13.0. The number of rotatable bonds is 5. The van der Waals surface area contributed by atoms with E-state index in [1.807, 2.05) is 18.2 Å². The number of piperidine rings is 1. The van der Waals surface area contributed by atoms with Gasteiger partial charge in [-0.05, 0) is 62.0 Å². The second-order valence-electron chi connectivity index (χ2n) is 11.2. The molecule has 5 rings (SSSR count). The van der Waals surface area contributed by atoms with E-state index in [0.29, 0.717) is 37.8 Å². The summed E-state index contributed by atoms with van der Waals surface area (Å²) in [6, 6.07) is 7.75. The molecule has 188 valence electrons. The molecule has 2 saturated heterocycles. The summed E-state index contributed by atoms with van der Waals surface area (Å²) in [7, 11) is 0. The van der Waals surface area contributed by atoms with Gasteiger partial charge >= 0.3 is 6.03 Å². The van der Waals surface area contributed by atoms with E-state index < -0.39 is 11.6 Å². The van der Waals surface area contributed by atoms with Gasteiger partial charge in [0.1, 0.15) is 12.1 Å². The molecule has 3 aliphatic rings. The average Bonchev–Trinajstić information content (AvgIpc) is 3.39. The van der Waals surface area contributed by atoms with Crippen LogP contribution < -0.4 is 5.32 Å². The van der Waals surface area contributed by atoms with Crippen molar-refractivity contribution in [3.05, 3.63) is 29.3 Å². The van der Waals surface area contributed by atoms with Gasteiger partial charge in [-0.3, -0.25) is 14.5 Å². The Bertz CT molecular complexity index is 1090. The van der Waals surface area contributed by atoms with Gasteiger partial charge in [-0.1, -0.05) is 39.3 Å². The van der Waals surface area contributed by atoms with Crippen LogP contribution in [0.3, 0.4) is 0 Å². The minimum atomic E-state index is -0.822. The molecular formula is C27H36N4O3S. The number of benzene rings is 1. The number of carbonyl (C=O) groups excluding carboxylic acids is 3. The van der Waals surface area contributed by atoms with Crippen LogP contribution in [0.5, 0.6) is 0 Å². The van der Waals surface area contributed by atoms with Crippen LogP contribution in [0.4, 0.5) is 4.79 Å². The van der Waals surface area contributed by atoms with E-state index in [0.717, 1.165) is 47.5 Å². The number of carbonyl (C=O) groups is 3. The SMILES string of the molecule is CCC(C)(C)C1CCC2(CC1)NC(=O)N(CC(=O)N1CCC(c3nc4ccccc4s3)CC1)C2=O. The Morgan fingerprint density at radius 1 is 1.14 bits per heavy atom. The molecule has 2 aliphatic heterocycles. The third-order valence-electron chi connectivity index (χ3n) is 8.90. The Balaban J connectivity index is 1.17. The fourth-order valence-corrected chi connectivity index (χ4v) is 7.15. The van der Waals surface area contributed by atoms with E-state index in [2.05, 4.69) is 32.2 Å². The second-order valence-corrected chi connectivity index (χ2v) is 12.3. The molecule has 1 aromatic heterocycles. The molecule has 0 unspecified atom stereocenters. The molecule has 0 atom stereocenters. The third kappa shape index (κ3) is 4.46. The summed E-state index contributed by atoms with van der Waals surface area (Å²) in [5, 5.41) is 4.10. The first-order chi connectivity index (χ1) is 16.7. The number of para-hydroxylation sites is 1. The molecule has 1 saturated carbocycles. The van der Waals surface area contributed by atoms with E-state index in [1.54, 1.807) is 16.2 Å². The van der Waals surface area contributed by atoms with Gasteiger partial charge in [0.25, 0.3) is 5.91 Å². The van der Waals surface area contributed by atoms with Gasteiger partial charge in [0.2, 0.25) is 5.91 Å². The van der Waals surface area contributed by atoms with E-state index >= 15 is 0 Å². The minimum Gasteiger partial charge on any atom is -0.341 e. The smallest absolute Gasteiger partial charge is 0.325 e. The molecule has 0 radical (unpaired) electrons. The number of fused-ring (bicyclic) bond motifs is 1. The Morgan fingerprint density at radius 2 is 1.83 bits per heavy atom. The molecule has 1 spiro atoms. The van der Waals surface area contributed by atoms with Crippen molar-refractivity contribution in [1.29, 1.82) is 0 Å². The van der Waals surface area contributed by atoms with Gasteiger partial charge in [-0.25, -0.2) is 9.78 Å². The number of amides is 4. The lowest BCUT2D eigenvalue weighted by atomic mass is 9.65. The molecule has 2 aromatic rings. The van der Waals surface area contributed by atoms with Crippen molar-refractivity contribution < 1.29 is 14.4 Å². The van der Waals surface area contributed by atoms with Crippen LogP contribution in [0.15, 0.2) is 24.3 Å². The molecule has 4 amide bonds. The van der Waals surface area contributed by atoms with Gasteiger partial charge in [-0.15, -0.1) is 11.3 Å². The summed E-state index contributed by atoms with van der Waals surface area (Å²) < 4.78 is 1.20. The van der Waals surface area contributed by atoms with Crippen molar-refractivity contribution in [3.8, 4) is 0 Å². The van der Waals surface area contributed by atoms with Crippen LogP contribution in [0, 0.1) is 11.3 Å². The van der Waals surface area contributed by atoms with Crippen LogP contribution >= 0.6 is 11.3 Å². The lowest BCUT2D eigenvalue weighted by Crippen LogP contribution is -2.51. The predicted molar refractivity (Wildman–Crippen MR) is 137 cm³/mol. The Hall–Kier alpha value is -2.48. The summed E-state index contributed by atoms with van der Waals surface area (Å²) in [6.45, 7) is 7.87. The van der Waals surface area contributed by atoms with Gasteiger partial charge in [-0.2, -0.15) is 0 Å². The van der Waals surface area contributed by atoms with E-state index in [9.17, 15) is 14.4 Å². The highest BCUT2D eigenvalue weighted by molar-refractivity contribution is 7.18. The lowest BCUT2D eigenvalue weighted by Gasteiger charge is -2.42. The maximum atomic E-state index is 13.3. The van der Waals surface area contributed by atoms with Crippen LogP contribution in [0.1, 0.15) is 76.6 Å². The molecular weight excluding hydrogens is 460 g/mol. The number of hydrogen-bond acceptors (Lipinski definition) is 5. The zero-order chi connectivity index (χ0) is 24.8. The molecule has 0 bridgehead atoms. The van der Waals surface area contributed by atoms with Crippen LogP contribution in [0.25, 0.3) is 10.2 Å². The zero-order valence-corrected chi connectivity index (χ0v) is 21.8. The van der Waals surface area contributed by atoms with Gasteiger partial charge in [0, 0.05) is 19.0 Å². The number of thiazole rings is 1. The first-order valence-corrected chi connectivity index (χ1v) is 13.8. The number of nitrogens with zero attached hydrogens (tertiary/aromatic N) is 3. The molecule has 3 heterocycles. The molecule has 35 heavy (non-hydrogen) atoms. The Morgan fingerprint density at radius 3 is 2.49 bits per heavy atom. The summed E-state index contributed by atoms with van der Waals surface area (Å²) in [5.41, 5.74) is 0.448. The number of aromatic nitrogens is 1. The van der Waals surface area contributed by atoms with E-state index in [1.165, 1.54) is 4.70 Å². The van der Waals surface area contributed by atoms with E-state index in [4.69, 9.17) is 4.98 Å². The number of nitrogens with one attached hydrogen (secondary N) is 1. The molecule has 7 nitrogen and oxygen atoms in total. The maximum Gasteiger partial charge on any atom is 0.325 e. The Kier molecular flexibility index (Phi) is 6.36. The quantitative estimate of drug-likeness (QED) is 0.596. The topological polar surface area (TPSA) is 82.6 Å². The van der Waals surface area contributed by atoms with Crippen molar-refractivity contribution in [1.82, 2.24) is 20.1 Å². The zero-order valence-electron chi connectivity index (χ0n) is 21.0. The highest BCUT2D eigenvalue weighted by Crippen LogP contribution is 2.45. The summed E-state index contributed by atoms with van der Waals surface area (Å²) in [4.78, 5) is 46.9. The largest absolute Gasteiger partial charge is 0.341 e. The van der Waals surface area contributed by atoms with Crippen LogP contribution in [-0.4, -0.2) is 57.8 Å². The molecule has 1 N–H and O–H groups in total. The lowest BCUT2D eigenvalue weighted by molar-refractivity contribution is -0.140.